The SMILES string of the molecule is CCCCCCSN(C(=O)OC(C)(C)C)C(/C=C/Cc1ccccc1)C(=O)OCC. The summed E-state index contributed by atoms with van der Waals surface area (Å²) in [6, 6.07) is 9.14. The molecule has 0 saturated carbocycles. The molecule has 0 heterocycles. The number of esters is 1. The van der Waals surface area contributed by atoms with Crippen molar-refractivity contribution in [2.24, 2.45) is 0 Å². The lowest BCUT2D eigenvalue weighted by Gasteiger charge is -2.30. The van der Waals surface area contributed by atoms with E-state index < -0.39 is 23.7 Å². The van der Waals surface area contributed by atoms with Crippen LogP contribution in [0.5, 0.6) is 0 Å². The number of amides is 1. The molecule has 168 valence electrons. The zero-order valence-corrected chi connectivity index (χ0v) is 19.9. The Bertz CT molecular complexity index is 655. The summed E-state index contributed by atoms with van der Waals surface area (Å²) in [6.07, 6.45) is 8.17. The highest BCUT2D eigenvalue weighted by Gasteiger charge is 2.33. The van der Waals surface area contributed by atoms with Gasteiger partial charge in [0.2, 0.25) is 0 Å². The molecule has 0 N–H and O–H groups in total. The van der Waals surface area contributed by atoms with Crippen LogP contribution in [-0.2, 0) is 20.7 Å². The summed E-state index contributed by atoms with van der Waals surface area (Å²) >= 11 is 1.34. The molecule has 1 unspecified atom stereocenters. The van der Waals surface area contributed by atoms with Gasteiger partial charge in [-0.05, 0) is 58.0 Å². The highest BCUT2D eigenvalue weighted by Crippen LogP contribution is 2.23. The Morgan fingerprint density at radius 1 is 1.10 bits per heavy atom. The van der Waals surface area contributed by atoms with Gasteiger partial charge in [0.15, 0.2) is 6.04 Å². The first-order valence-corrected chi connectivity index (χ1v) is 11.7. The number of ether oxygens (including phenoxy) is 2. The van der Waals surface area contributed by atoms with E-state index in [4.69, 9.17) is 9.47 Å². The molecule has 0 aliphatic carbocycles. The highest BCUT2D eigenvalue weighted by molar-refractivity contribution is 7.97. The molecule has 5 nitrogen and oxygen atoms in total. The summed E-state index contributed by atoms with van der Waals surface area (Å²) in [7, 11) is 0. The topological polar surface area (TPSA) is 55.8 Å². The number of hydrogen-bond donors (Lipinski definition) is 0. The molecule has 1 aromatic carbocycles. The Morgan fingerprint density at radius 3 is 2.40 bits per heavy atom. The fraction of sp³-hybridized carbons (Fsp3) is 0.583. The predicted octanol–water partition coefficient (Wildman–Crippen LogP) is 6.18. The molecule has 1 rings (SSSR count). The van der Waals surface area contributed by atoms with E-state index in [1.807, 2.05) is 57.2 Å². The average molecular weight is 436 g/mol. The smallest absolute Gasteiger partial charge is 0.421 e. The van der Waals surface area contributed by atoms with Gasteiger partial charge < -0.3 is 9.47 Å². The van der Waals surface area contributed by atoms with Crippen molar-refractivity contribution < 1.29 is 19.1 Å². The van der Waals surface area contributed by atoms with E-state index in [-0.39, 0.29) is 6.61 Å². The van der Waals surface area contributed by atoms with Gasteiger partial charge in [0.05, 0.1) is 6.61 Å². The second kappa shape index (κ2) is 14.1. The van der Waals surface area contributed by atoms with Gasteiger partial charge >= 0.3 is 12.1 Å². The van der Waals surface area contributed by atoms with Crippen molar-refractivity contribution in [2.75, 3.05) is 12.4 Å². The van der Waals surface area contributed by atoms with E-state index in [0.29, 0.717) is 6.42 Å². The second-order valence-corrected chi connectivity index (χ2v) is 9.07. The minimum Gasteiger partial charge on any atom is -0.464 e. The number of carbonyl (C=O) groups is 2. The van der Waals surface area contributed by atoms with Crippen LogP contribution in [0.3, 0.4) is 0 Å². The quantitative estimate of drug-likeness (QED) is 0.170. The van der Waals surface area contributed by atoms with Crippen molar-refractivity contribution in [3.8, 4) is 0 Å². The van der Waals surface area contributed by atoms with E-state index in [1.54, 1.807) is 13.0 Å². The van der Waals surface area contributed by atoms with Gasteiger partial charge in [-0.25, -0.2) is 13.9 Å². The molecule has 1 atom stereocenters. The van der Waals surface area contributed by atoms with Crippen LogP contribution in [-0.4, -0.2) is 40.4 Å². The molecule has 0 spiro atoms. The van der Waals surface area contributed by atoms with Gasteiger partial charge in [-0.3, -0.25) is 0 Å². The number of carbonyl (C=O) groups excluding carboxylic acids is 2. The molecule has 6 heteroatoms. The Kier molecular flexibility index (Phi) is 12.3. The molecule has 0 bridgehead atoms. The van der Waals surface area contributed by atoms with Crippen LogP contribution in [0.2, 0.25) is 0 Å². The second-order valence-electron chi connectivity index (χ2n) is 8.01. The standard InChI is InChI=1S/C24H37NO4S/c1-6-8-9-13-19-30-25(23(27)29-24(3,4)5)21(22(26)28-7-2)18-14-17-20-15-11-10-12-16-20/h10-12,14-16,18,21H,6-9,13,17,19H2,1-5H3/b18-14+. The fourth-order valence-corrected chi connectivity index (χ4v) is 3.66. The Hall–Kier alpha value is -1.95. The Labute approximate surface area is 186 Å². The lowest BCUT2D eigenvalue weighted by atomic mass is 10.1. The third kappa shape index (κ3) is 10.7. The minimum atomic E-state index is -0.834. The van der Waals surface area contributed by atoms with Crippen molar-refractivity contribution in [2.45, 2.75) is 78.4 Å². The van der Waals surface area contributed by atoms with Crippen LogP contribution in [0.4, 0.5) is 4.79 Å². The van der Waals surface area contributed by atoms with E-state index in [0.717, 1.165) is 37.0 Å². The van der Waals surface area contributed by atoms with Crippen molar-refractivity contribution in [3.05, 3.63) is 48.0 Å². The number of nitrogens with zero attached hydrogens (tertiary/aromatic N) is 1. The normalized spacial score (nSPS) is 12.6. The van der Waals surface area contributed by atoms with Crippen LogP contribution < -0.4 is 0 Å². The van der Waals surface area contributed by atoms with Crippen molar-refractivity contribution in [1.29, 1.82) is 0 Å². The summed E-state index contributed by atoms with van der Waals surface area (Å²) in [5.74, 6) is 0.288. The van der Waals surface area contributed by atoms with E-state index in [2.05, 4.69) is 6.92 Å². The monoisotopic (exact) mass is 435 g/mol. The number of benzene rings is 1. The van der Waals surface area contributed by atoms with Gasteiger partial charge in [-0.15, -0.1) is 0 Å². The predicted molar refractivity (Wildman–Crippen MR) is 124 cm³/mol. The number of hydrogen-bond acceptors (Lipinski definition) is 5. The maximum atomic E-state index is 12.9. The van der Waals surface area contributed by atoms with Crippen molar-refractivity contribution in [3.63, 3.8) is 0 Å². The lowest BCUT2D eigenvalue weighted by molar-refractivity contribution is -0.145. The van der Waals surface area contributed by atoms with Crippen LogP contribution >= 0.6 is 11.9 Å². The molecular formula is C24H37NO4S. The van der Waals surface area contributed by atoms with Crippen LogP contribution in [0.1, 0.15) is 65.9 Å². The Balaban J connectivity index is 2.99. The van der Waals surface area contributed by atoms with Crippen LogP contribution in [0, 0.1) is 0 Å². The summed E-state index contributed by atoms with van der Waals surface area (Å²) in [4.78, 5) is 25.6. The summed E-state index contributed by atoms with van der Waals surface area (Å²) in [6.45, 7) is 9.64. The molecule has 1 amide bonds. The maximum absolute atomic E-state index is 12.9. The molecule has 0 aliphatic rings. The van der Waals surface area contributed by atoms with Crippen molar-refractivity contribution in [1.82, 2.24) is 4.31 Å². The molecule has 0 fully saturated rings. The van der Waals surface area contributed by atoms with Gasteiger partial charge in [0, 0.05) is 5.75 Å². The van der Waals surface area contributed by atoms with Crippen LogP contribution in [0.25, 0.3) is 0 Å². The number of rotatable bonds is 12. The van der Waals surface area contributed by atoms with Gasteiger partial charge in [0.25, 0.3) is 0 Å². The van der Waals surface area contributed by atoms with Gasteiger partial charge in [0.1, 0.15) is 5.60 Å². The molecule has 0 aromatic heterocycles. The molecule has 1 aromatic rings. The first kappa shape index (κ1) is 26.1. The third-order valence-electron chi connectivity index (χ3n) is 4.10. The molecule has 0 radical (unpaired) electrons. The largest absolute Gasteiger partial charge is 0.464 e. The number of allylic oxidation sites excluding steroid dienone is 1. The van der Waals surface area contributed by atoms with E-state index in [1.165, 1.54) is 16.3 Å². The zero-order valence-electron chi connectivity index (χ0n) is 19.1. The van der Waals surface area contributed by atoms with Crippen LogP contribution in [0.15, 0.2) is 42.5 Å². The molecule has 0 aliphatic heterocycles. The average Bonchev–Trinajstić information content (AvgIpc) is 2.68. The summed E-state index contributed by atoms with van der Waals surface area (Å²) in [5.41, 5.74) is 0.484. The third-order valence-corrected chi connectivity index (χ3v) is 5.22. The van der Waals surface area contributed by atoms with Crippen molar-refractivity contribution >= 4 is 24.0 Å². The maximum Gasteiger partial charge on any atom is 0.421 e. The first-order valence-electron chi connectivity index (χ1n) is 10.8. The lowest BCUT2D eigenvalue weighted by Crippen LogP contribution is -2.43. The number of unbranched alkanes of at least 4 members (excludes halogenated alkanes) is 3. The molecule has 30 heavy (non-hydrogen) atoms. The summed E-state index contributed by atoms with van der Waals surface area (Å²) < 4.78 is 12.3. The highest BCUT2D eigenvalue weighted by atomic mass is 32.2. The molecule has 0 saturated heterocycles. The van der Waals surface area contributed by atoms with E-state index >= 15 is 0 Å². The molecular weight excluding hydrogens is 398 g/mol. The zero-order chi connectivity index (χ0) is 22.4. The minimum absolute atomic E-state index is 0.255. The van der Waals surface area contributed by atoms with E-state index in [9.17, 15) is 9.59 Å². The summed E-state index contributed by atoms with van der Waals surface area (Å²) in [5, 5.41) is 0. The van der Waals surface area contributed by atoms with Gasteiger partial charge in [-0.1, -0.05) is 68.7 Å². The Morgan fingerprint density at radius 2 is 1.80 bits per heavy atom. The fourth-order valence-electron chi connectivity index (χ4n) is 2.67. The first-order chi connectivity index (χ1) is 14.3. The van der Waals surface area contributed by atoms with Gasteiger partial charge in [-0.2, -0.15) is 0 Å².